The van der Waals surface area contributed by atoms with Crippen LogP contribution in [0.4, 0.5) is 0 Å². The lowest BCUT2D eigenvalue weighted by atomic mass is 10.2. The number of hydrogen-bond donors (Lipinski definition) is 0. The summed E-state index contributed by atoms with van der Waals surface area (Å²) >= 11 is 0. The van der Waals surface area contributed by atoms with Crippen LogP contribution in [0.15, 0.2) is 37.1 Å². The summed E-state index contributed by atoms with van der Waals surface area (Å²) in [5, 5.41) is 0. The van der Waals surface area contributed by atoms with Crippen molar-refractivity contribution < 1.29 is 4.21 Å². The van der Waals surface area contributed by atoms with Gasteiger partial charge in [-0.2, -0.15) is 0 Å². The maximum Gasteiger partial charge on any atom is 0.101 e. The number of rotatable bonds is 3. The van der Waals surface area contributed by atoms with Crippen molar-refractivity contribution in [2.45, 2.75) is 37.6 Å². The highest BCUT2D eigenvalue weighted by molar-refractivity contribution is 7.84. The van der Waals surface area contributed by atoms with Gasteiger partial charge in [0.15, 0.2) is 0 Å². The first kappa shape index (κ1) is 12.5. The average Bonchev–Trinajstić information content (AvgIpc) is 3.02. The van der Waals surface area contributed by atoms with Crippen molar-refractivity contribution in [1.82, 2.24) is 9.29 Å². The zero-order valence-corrected chi connectivity index (χ0v) is 11.3. The molecule has 0 aromatic carbocycles. The van der Waals surface area contributed by atoms with E-state index in [0.717, 1.165) is 5.69 Å². The molecule has 1 saturated heterocycles. The first-order chi connectivity index (χ1) is 7.96. The molecular formula is C13H18N2OS. The van der Waals surface area contributed by atoms with Gasteiger partial charge >= 0.3 is 0 Å². The molecule has 0 saturated carbocycles. The van der Waals surface area contributed by atoms with Gasteiger partial charge in [-0.25, -0.2) is 8.51 Å². The fourth-order valence-corrected chi connectivity index (χ4v) is 3.29. The van der Waals surface area contributed by atoms with Crippen LogP contribution in [-0.4, -0.2) is 24.3 Å². The molecule has 1 unspecified atom stereocenters. The van der Waals surface area contributed by atoms with Gasteiger partial charge in [-0.1, -0.05) is 12.1 Å². The van der Waals surface area contributed by atoms with Gasteiger partial charge in [0.2, 0.25) is 0 Å². The van der Waals surface area contributed by atoms with Crippen LogP contribution in [0.2, 0.25) is 0 Å². The molecule has 4 atom stereocenters. The molecule has 17 heavy (non-hydrogen) atoms. The third-order valence-corrected chi connectivity index (χ3v) is 4.65. The molecule has 1 aliphatic heterocycles. The molecule has 0 N–H and O–H groups in total. The minimum absolute atomic E-state index is 0.119. The predicted octanol–water partition coefficient (Wildman–Crippen LogP) is 2.46. The third-order valence-electron chi connectivity index (χ3n) is 2.75. The van der Waals surface area contributed by atoms with Crippen molar-refractivity contribution in [3.05, 3.63) is 42.7 Å². The van der Waals surface area contributed by atoms with E-state index in [1.807, 2.05) is 49.4 Å². The molecule has 1 aliphatic rings. The molecule has 1 aromatic rings. The van der Waals surface area contributed by atoms with E-state index in [-0.39, 0.29) is 16.8 Å². The second kappa shape index (κ2) is 4.35. The van der Waals surface area contributed by atoms with Gasteiger partial charge in [0.25, 0.3) is 0 Å². The highest BCUT2D eigenvalue weighted by Crippen LogP contribution is 2.46. The number of nitrogens with zero attached hydrogens (tertiary/aromatic N) is 2. The molecule has 0 bridgehead atoms. The summed E-state index contributed by atoms with van der Waals surface area (Å²) in [5.41, 5.74) is 0.968. The van der Waals surface area contributed by atoms with E-state index in [4.69, 9.17) is 0 Å². The number of aromatic nitrogens is 1. The minimum atomic E-state index is -1.02. The normalized spacial score (nSPS) is 29.7. The maximum atomic E-state index is 12.3. The Bertz CT molecular complexity index is 438. The van der Waals surface area contributed by atoms with E-state index in [0.29, 0.717) is 0 Å². The van der Waals surface area contributed by atoms with Gasteiger partial charge in [-0.15, -0.1) is 6.58 Å². The van der Waals surface area contributed by atoms with Crippen LogP contribution in [-0.2, 0) is 11.0 Å². The van der Waals surface area contributed by atoms with Crippen LogP contribution in [0.1, 0.15) is 32.5 Å². The number of hydrogen-bond acceptors (Lipinski definition) is 2. The van der Waals surface area contributed by atoms with Crippen LogP contribution in [0.3, 0.4) is 0 Å². The highest BCUT2D eigenvalue weighted by atomic mass is 32.2. The SMILES string of the molecule is C=C[C@H]1[C@H](c2ccccn2)N1[S@](=O)C(C)(C)C. The Labute approximate surface area is 105 Å². The average molecular weight is 250 g/mol. The molecule has 0 aliphatic carbocycles. The molecular weight excluding hydrogens is 232 g/mol. The van der Waals surface area contributed by atoms with Gasteiger partial charge in [0, 0.05) is 6.20 Å². The molecule has 1 fully saturated rings. The summed E-state index contributed by atoms with van der Waals surface area (Å²) in [5.74, 6) is 0. The van der Waals surface area contributed by atoms with Crippen molar-refractivity contribution >= 4 is 11.0 Å². The fourth-order valence-electron chi connectivity index (χ4n) is 1.85. The summed E-state index contributed by atoms with van der Waals surface area (Å²) in [6, 6.07) is 6.08. The van der Waals surface area contributed by atoms with E-state index < -0.39 is 11.0 Å². The predicted molar refractivity (Wildman–Crippen MR) is 70.7 cm³/mol. The Morgan fingerprint density at radius 2 is 2.18 bits per heavy atom. The lowest BCUT2D eigenvalue weighted by Crippen LogP contribution is -2.28. The largest absolute Gasteiger partial charge is 0.260 e. The van der Waals surface area contributed by atoms with Crippen molar-refractivity contribution in [3.8, 4) is 0 Å². The fraction of sp³-hybridized carbons (Fsp3) is 0.462. The molecule has 4 heteroatoms. The maximum absolute atomic E-state index is 12.3. The van der Waals surface area contributed by atoms with Crippen molar-refractivity contribution in [2.75, 3.05) is 0 Å². The Morgan fingerprint density at radius 3 is 2.65 bits per heavy atom. The van der Waals surface area contributed by atoms with E-state index >= 15 is 0 Å². The molecule has 92 valence electrons. The first-order valence-corrected chi connectivity index (χ1v) is 6.81. The molecule has 1 aromatic heterocycles. The molecule has 3 nitrogen and oxygen atoms in total. The standard InChI is InChI=1S/C13H18N2OS/c1-5-11-12(10-8-6-7-9-14-10)15(11)17(16)13(2,3)4/h5-9,11-12H,1H2,2-4H3/t11-,12-,15?,17+/m0/s1. The van der Waals surface area contributed by atoms with Gasteiger partial charge in [0.05, 0.1) is 22.5 Å². The lowest BCUT2D eigenvalue weighted by Gasteiger charge is -2.18. The van der Waals surface area contributed by atoms with E-state index in [2.05, 4.69) is 11.6 Å². The van der Waals surface area contributed by atoms with Crippen LogP contribution in [0.5, 0.6) is 0 Å². The van der Waals surface area contributed by atoms with Gasteiger partial charge in [0.1, 0.15) is 11.0 Å². The van der Waals surface area contributed by atoms with E-state index in [1.165, 1.54) is 0 Å². The summed E-state index contributed by atoms with van der Waals surface area (Å²) in [6.07, 6.45) is 3.62. The lowest BCUT2D eigenvalue weighted by molar-refractivity contribution is 0.602. The van der Waals surface area contributed by atoms with Crippen molar-refractivity contribution in [3.63, 3.8) is 0 Å². The topological polar surface area (TPSA) is 33.0 Å². The van der Waals surface area contributed by atoms with Gasteiger partial charge in [-0.05, 0) is 32.9 Å². The monoisotopic (exact) mass is 250 g/mol. The highest BCUT2D eigenvalue weighted by Gasteiger charge is 2.53. The quantitative estimate of drug-likeness (QED) is 0.610. The summed E-state index contributed by atoms with van der Waals surface area (Å²) in [7, 11) is -1.02. The van der Waals surface area contributed by atoms with Crippen LogP contribution in [0.25, 0.3) is 0 Å². The van der Waals surface area contributed by atoms with Crippen LogP contribution >= 0.6 is 0 Å². The van der Waals surface area contributed by atoms with Crippen LogP contribution < -0.4 is 0 Å². The summed E-state index contributed by atoms with van der Waals surface area (Å²) in [4.78, 5) is 4.33. The van der Waals surface area contributed by atoms with Crippen molar-refractivity contribution in [1.29, 1.82) is 0 Å². The molecule has 2 heterocycles. The number of pyridine rings is 1. The van der Waals surface area contributed by atoms with E-state index in [9.17, 15) is 4.21 Å². The summed E-state index contributed by atoms with van der Waals surface area (Å²) < 4.78 is 14.1. The second-order valence-electron chi connectivity index (χ2n) is 5.15. The zero-order chi connectivity index (χ0) is 12.6. The van der Waals surface area contributed by atoms with Crippen molar-refractivity contribution in [2.24, 2.45) is 0 Å². The smallest absolute Gasteiger partial charge is 0.101 e. The minimum Gasteiger partial charge on any atom is -0.260 e. The Kier molecular flexibility index (Phi) is 3.19. The third kappa shape index (κ3) is 2.33. The molecule has 0 amide bonds. The molecule has 0 radical (unpaired) electrons. The second-order valence-corrected chi connectivity index (χ2v) is 7.29. The molecule has 2 rings (SSSR count). The van der Waals surface area contributed by atoms with Gasteiger partial charge < -0.3 is 0 Å². The van der Waals surface area contributed by atoms with Gasteiger partial charge in [-0.3, -0.25) is 4.98 Å². The van der Waals surface area contributed by atoms with E-state index in [1.54, 1.807) is 6.20 Å². The zero-order valence-electron chi connectivity index (χ0n) is 10.5. The Morgan fingerprint density at radius 1 is 1.47 bits per heavy atom. The Hall–Kier alpha value is -1.00. The molecule has 0 spiro atoms. The van der Waals surface area contributed by atoms with Crippen LogP contribution in [0, 0.1) is 0 Å². The Balaban J connectivity index is 2.22. The first-order valence-electron chi connectivity index (χ1n) is 5.70. The summed E-state index contributed by atoms with van der Waals surface area (Å²) in [6.45, 7) is 9.76.